The van der Waals surface area contributed by atoms with Gasteiger partial charge in [0.2, 0.25) is 5.91 Å². The van der Waals surface area contributed by atoms with Crippen LogP contribution in [0.25, 0.3) is 0 Å². The number of carbonyl (C=O) groups is 1. The van der Waals surface area contributed by atoms with E-state index in [1.807, 2.05) is 0 Å². The van der Waals surface area contributed by atoms with Crippen molar-refractivity contribution in [3.63, 3.8) is 0 Å². The lowest BCUT2D eigenvalue weighted by Crippen LogP contribution is -2.41. The Labute approximate surface area is 130 Å². The zero-order valence-electron chi connectivity index (χ0n) is 12.2. The number of rotatable bonds is 8. The summed E-state index contributed by atoms with van der Waals surface area (Å²) in [5.74, 6) is -1.39. The first-order valence-corrected chi connectivity index (χ1v) is 6.83. The molecule has 0 aliphatic heterocycles. The van der Waals surface area contributed by atoms with Crippen molar-refractivity contribution in [1.29, 1.82) is 0 Å². The van der Waals surface area contributed by atoms with Crippen LogP contribution in [0.4, 0.5) is 23.2 Å². The van der Waals surface area contributed by atoms with Crippen molar-refractivity contribution in [3.8, 4) is 0 Å². The van der Waals surface area contributed by atoms with Gasteiger partial charge in [0, 0.05) is 13.1 Å². The molecule has 1 aromatic rings. The maximum Gasteiger partial charge on any atom is 0.390 e. The molecule has 0 heterocycles. The van der Waals surface area contributed by atoms with E-state index >= 15 is 0 Å². The van der Waals surface area contributed by atoms with Crippen LogP contribution >= 0.6 is 0 Å². The van der Waals surface area contributed by atoms with Gasteiger partial charge in [-0.1, -0.05) is 12.1 Å². The van der Waals surface area contributed by atoms with E-state index in [1.165, 1.54) is 18.2 Å². The zero-order valence-corrected chi connectivity index (χ0v) is 12.2. The SMILES string of the molecule is O=C(CN(CCC(F)(F)F)C[C@H](O)CO)Nc1ccccc1F. The predicted molar refractivity (Wildman–Crippen MR) is 75.2 cm³/mol. The number of aliphatic hydroxyl groups excluding tert-OH is 2. The van der Waals surface area contributed by atoms with Gasteiger partial charge in [0.25, 0.3) is 0 Å². The summed E-state index contributed by atoms with van der Waals surface area (Å²) in [6.45, 7) is -1.94. The van der Waals surface area contributed by atoms with Crippen LogP contribution in [0.2, 0.25) is 0 Å². The van der Waals surface area contributed by atoms with E-state index in [2.05, 4.69) is 5.32 Å². The average molecular weight is 338 g/mol. The minimum absolute atomic E-state index is 0.0871. The number of hydrogen-bond acceptors (Lipinski definition) is 4. The normalized spacial score (nSPS) is 13.2. The fourth-order valence-corrected chi connectivity index (χ4v) is 1.83. The first-order chi connectivity index (χ1) is 10.7. The van der Waals surface area contributed by atoms with Crippen LogP contribution in [0.3, 0.4) is 0 Å². The number of alkyl halides is 3. The average Bonchev–Trinajstić information content (AvgIpc) is 2.46. The van der Waals surface area contributed by atoms with E-state index in [1.54, 1.807) is 0 Å². The highest BCUT2D eigenvalue weighted by atomic mass is 19.4. The molecule has 0 saturated carbocycles. The predicted octanol–water partition coefficient (Wildman–Crippen LogP) is 1.37. The molecule has 9 heteroatoms. The van der Waals surface area contributed by atoms with Crippen LogP contribution in [0.1, 0.15) is 6.42 Å². The summed E-state index contributed by atoms with van der Waals surface area (Å²) in [5, 5.41) is 20.4. The van der Waals surface area contributed by atoms with Crippen molar-refractivity contribution in [2.45, 2.75) is 18.7 Å². The Morgan fingerprint density at radius 2 is 1.96 bits per heavy atom. The number of carbonyl (C=O) groups excluding carboxylic acids is 1. The first kappa shape index (κ1) is 19.3. The summed E-state index contributed by atoms with van der Waals surface area (Å²) in [7, 11) is 0. The standard InChI is InChI=1S/C14H18F4N2O3/c15-11-3-1-2-4-12(11)19-13(23)8-20(7-10(22)9-21)6-5-14(16,17)18/h1-4,10,21-22H,5-9H2,(H,19,23)/t10-/m0/s1. The lowest BCUT2D eigenvalue weighted by atomic mass is 10.2. The summed E-state index contributed by atoms with van der Waals surface area (Å²) in [4.78, 5) is 12.9. The second kappa shape index (κ2) is 8.80. The van der Waals surface area contributed by atoms with E-state index in [-0.39, 0.29) is 12.2 Å². The molecule has 1 amide bonds. The molecule has 0 radical (unpaired) electrons. The molecule has 0 aromatic heterocycles. The van der Waals surface area contributed by atoms with Crippen molar-refractivity contribution in [1.82, 2.24) is 4.90 Å². The number of nitrogens with one attached hydrogen (secondary N) is 1. The third kappa shape index (κ3) is 7.91. The highest BCUT2D eigenvalue weighted by molar-refractivity contribution is 5.92. The molecular weight excluding hydrogens is 320 g/mol. The van der Waals surface area contributed by atoms with Gasteiger partial charge >= 0.3 is 6.18 Å². The van der Waals surface area contributed by atoms with Crippen LogP contribution in [0.5, 0.6) is 0 Å². The molecule has 3 N–H and O–H groups in total. The molecule has 0 saturated heterocycles. The van der Waals surface area contributed by atoms with Crippen LogP contribution in [-0.4, -0.2) is 59.5 Å². The Morgan fingerprint density at radius 3 is 2.52 bits per heavy atom. The molecule has 0 bridgehead atoms. The number of hydrogen-bond donors (Lipinski definition) is 3. The highest BCUT2D eigenvalue weighted by Crippen LogP contribution is 2.20. The van der Waals surface area contributed by atoms with Crippen LogP contribution in [-0.2, 0) is 4.79 Å². The molecule has 0 fully saturated rings. The Bertz CT molecular complexity index is 511. The van der Waals surface area contributed by atoms with E-state index in [0.717, 1.165) is 11.0 Å². The molecule has 1 atom stereocenters. The maximum absolute atomic E-state index is 13.4. The monoisotopic (exact) mass is 338 g/mol. The van der Waals surface area contributed by atoms with E-state index in [9.17, 15) is 27.5 Å². The number of anilines is 1. The van der Waals surface area contributed by atoms with Crippen molar-refractivity contribution < 1.29 is 32.6 Å². The van der Waals surface area contributed by atoms with Crippen LogP contribution in [0, 0.1) is 5.82 Å². The lowest BCUT2D eigenvalue weighted by Gasteiger charge is -2.24. The number of nitrogens with zero attached hydrogens (tertiary/aromatic N) is 1. The van der Waals surface area contributed by atoms with Gasteiger partial charge in [-0.15, -0.1) is 0 Å². The summed E-state index contributed by atoms with van der Waals surface area (Å²) in [5.41, 5.74) is -0.0871. The number of halogens is 4. The zero-order chi connectivity index (χ0) is 17.5. The Hall–Kier alpha value is -1.71. The Balaban J connectivity index is 2.63. The molecule has 130 valence electrons. The van der Waals surface area contributed by atoms with E-state index < -0.39 is 50.1 Å². The van der Waals surface area contributed by atoms with Crippen molar-refractivity contribution in [3.05, 3.63) is 30.1 Å². The third-order valence-corrected chi connectivity index (χ3v) is 2.91. The molecule has 1 aromatic carbocycles. The molecule has 23 heavy (non-hydrogen) atoms. The van der Waals surface area contributed by atoms with E-state index in [0.29, 0.717) is 0 Å². The van der Waals surface area contributed by atoms with Gasteiger partial charge in [-0.2, -0.15) is 13.2 Å². The summed E-state index contributed by atoms with van der Waals surface area (Å²) in [6.07, 6.45) is -6.85. The third-order valence-electron chi connectivity index (χ3n) is 2.91. The van der Waals surface area contributed by atoms with Crippen LogP contribution < -0.4 is 5.32 Å². The second-order valence-electron chi connectivity index (χ2n) is 4.96. The molecule has 1 rings (SSSR count). The Kier molecular flexibility index (Phi) is 7.40. The van der Waals surface area contributed by atoms with Gasteiger partial charge in [0.1, 0.15) is 5.82 Å². The lowest BCUT2D eigenvalue weighted by molar-refractivity contribution is -0.140. The highest BCUT2D eigenvalue weighted by Gasteiger charge is 2.28. The fraction of sp³-hybridized carbons (Fsp3) is 0.500. The number of benzene rings is 1. The largest absolute Gasteiger partial charge is 0.394 e. The van der Waals surface area contributed by atoms with Gasteiger partial charge in [0.15, 0.2) is 0 Å². The van der Waals surface area contributed by atoms with Crippen molar-refractivity contribution in [2.75, 3.05) is 31.6 Å². The van der Waals surface area contributed by atoms with Gasteiger partial charge in [0.05, 0.1) is 31.4 Å². The number of aliphatic hydroxyl groups is 2. The van der Waals surface area contributed by atoms with Gasteiger partial charge in [-0.05, 0) is 12.1 Å². The summed E-state index contributed by atoms with van der Waals surface area (Å²) in [6, 6.07) is 5.37. The number of amides is 1. The van der Waals surface area contributed by atoms with Gasteiger partial charge in [-0.3, -0.25) is 9.69 Å². The second-order valence-corrected chi connectivity index (χ2v) is 4.96. The van der Waals surface area contributed by atoms with Crippen molar-refractivity contribution >= 4 is 11.6 Å². The van der Waals surface area contributed by atoms with E-state index in [4.69, 9.17) is 5.11 Å². The quantitative estimate of drug-likeness (QED) is 0.626. The van der Waals surface area contributed by atoms with Gasteiger partial charge in [-0.25, -0.2) is 4.39 Å². The number of para-hydroxylation sites is 1. The fourth-order valence-electron chi connectivity index (χ4n) is 1.83. The summed E-state index contributed by atoms with van der Waals surface area (Å²) >= 11 is 0. The van der Waals surface area contributed by atoms with Gasteiger partial charge < -0.3 is 15.5 Å². The molecular formula is C14H18F4N2O3. The smallest absolute Gasteiger partial charge is 0.390 e. The molecule has 0 unspecified atom stereocenters. The minimum atomic E-state index is -4.41. The van der Waals surface area contributed by atoms with Crippen molar-refractivity contribution in [2.24, 2.45) is 0 Å². The molecule has 0 spiro atoms. The minimum Gasteiger partial charge on any atom is -0.394 e. The summed E-state index contributed by atoms with van der Waals surface area (Å²) < 4.78 is 50.3. The Morgan fingerprint density at radius 1 is 1.30 bits per heavy atom. The first-order valence-electron chi connectivity index (χ1n) is 6.83. The molecule has 0 aliphatic rings. The van der Waals surface area contributed by atoms with Crippen LogP contribution in [0.15, 0.2) is 24.3 Å². The molecule has 5 nitrogen and oxygen atoms in total. The molecule has 0 aliphatic carbocycles. The maximum atomic E-state index is 13.4. The topological polar surface area (TPSA) is 72.8 Å².